The van der Waals surface area contributed by atoms with E-state index in [0.29, 0.717) is 26.2 Å². The molecule has 2 aliphatic rings. The Bertz CT molecular complexity index is 591. The average Bonchev–Trinajstić information content (AvgIpc) is 2.95. The third-order valence-corrected chi connectivity index (χ3v) is 4.28. The van der Waals surface area contributed by atoms with Crippen molar-refractivity contribution in [2.75, 3.05) is 31.1 Å². The molecule has 1 aromatic rings. The van der Waals surface area contributed by atoms with Gasteiger partial charge in [-0.15, -0.1) is 0 Å². The Labute approximate surface area is 120 Å². The van der Waals surface area contributed by atoms with Crippen molar-refractivity contribution in [1.82, 2.24) is 4.90 Å². The summed E-state index contributed by atoms with van der Waals surface area (Å²) in [7, 11) is 0. The lowest BCUT2D eigenvalue weighted by Crippen LogP contribution is -2.32. The van der Waals surface area contributed by atoms with Crippen LogP contribution in [0.15, 0.2) is 18.2 Å². The van der Waals surface area contributed by atoms with Gasteiger partial charge in [-0.3, -0.25) is 10.1 Å². The van der Waals surface area contributed by atoms with Crippen LogP contribution in [0, 0.1) is 22.0 Å². The molecule has 112 valence electrons. The molecule has 0 aliphatic carbocycles. The fourth-order valence-electron chi connectivity index (χ4n) is 3.22. The number of hydrogen-bond acceptors (Lipinski definition) is 5. The molecule has 1 aromatic carbocycles. The van der Waals surface area contributed by atoms with Crippen molar-refractivity contribution in [2.24, 2.45) is 11.8 Å². The standard InChI is InChI=1S/C13H15N3O5/c17-12-3-10(1-2-11(12)16(20)21)14-4-8-6-15(13(18)19)7-9(8)5-14/h1-3,8-9,17H,4-7H2,(H,18,19)/t8-,9+. The van der Waals surface area contributed by atoms with Crippen LogP contribution < -0.4 is 4.90 Å². The van der Waals surface area contributed by atoms with Gasteiger partial charge in [-0.25, -0.2) is 4.79 Å². The fourth-order valence-corrected chi connectivity index (χ4v) is 3.22. The highest BCUT2D eigenvalue weighted by Crippen LogP contribution is 2.37. The number of rotatable bonds is 2. The number of nitro groups is 1. The highest BCUT2D eigenvalue weighted by atomic mass is 16.6. The minimum Gasteiger partial charge on any atom is -0.502 e. The molecule has 0 saturated carbocycles. The van der Waals surface area contributed by atoms with Gasteiger partial charge in [0.25, 0.3) is 0 Å². The molecule has 0 bridgehead atoms. The molecule has 0 radical (unpaired) electrons. The summed E-state index contributed by atoms with van der Waals surface area (Å²) in [6.07, 6.45) is -0.885. The average molecular weight is 293 g/mol. The monoisotopic (exact) mass is 293 g/mol. The number of aromatic hydroxyl groups is 1. The number of likely N-dealkylation sites (tertiary alicyclic amines) is 1. The van der Waals surface area contributed by atoms with Gasteiger partial charge in [0.2, 0.25) is 0 Å². The van der Waals surface area contributed by atoms with E-state index in [1.54, 1.807) is 6.07 Å². The molecule has 0 spiro atoms. The van der Waals surface area contributed by atoms with Crippen LogP contribution in [0.1, 0.15) is 0 Å². The SMILES string of the molecule is O=C(O)N1C[C@@H]2CN(c3ccc([N+](=O)[O-])c(O)c3)C[C@@H]2C1. The lowest BCUT2D eigenvalue weighted by Gasteiger charge is -2.22. The highest BCUT2D eigenvalue weighted by molar-refractivity contribution is 5.66. The van der Waals surface area contributed by atoms with Gasteiger partial charge in [-0.1, -0.05) is 0 Å². The molecule has 1 amide bonds. The number of anilines is 1. The topological polar surface area (TPSA) is 107 Å². The van der Waals surface area contributed by atoms with E-state index >= 15 is 0 Å². The predicted octanol–water partition coefficient (Wildman–Crippen LogP) is 1.35. The number of amides is 1. The number of carbonyl (C=O) groups is 1. The highest BCUT2D eigenvalue weighted by Gasteiger charge is 2.41. The van der Waals surface area contributed by atoms with Crippen molar-refractivity contribution < 1.29 is 19.9 Å². The van der Waals surface area contributed by atoms with Crippen molar-refractivity contribution in [1.29, 1.82) is 0 Å². The summed E-state index contributed by atoms with van der Waals surface area (Å²) >= 11 is 0. The normalized spacial score (nSPS) is 24.2. The van der Waals surface area contributed by atoms with Gasteiger partial charge in [-0.05, 0) is 6.07 Å². The third kappa shape index (κ3) is 2.32. The van der Waals surface area contributed by atoms with Crippen LogP contribution >= 0.6 is 0 Å². The lowest BCUT2D eigenvalue weighted by molar-refractivity contribution is -0.385. The van der Waals surface area contributed by atoms with Gasteiger partial charge in [0.1, 0.15) is 0 Å². The van der Waals surface area contributed by atoms with Gasteiger partial charge in [0.15, 0.2) is 5.75 Å². The second-order valence-corrected chi connectivity index (χ2v) is 5.54. The summed E-state index contributed by atoms with van der Waals surface area (Å²) in [5.74, 6) is 0.207. The molecule has 21 heavy (non-hydrogen) atoms. The van der Waals surface area contributed by atoms with E-state index in [2.05, 4.69) is 0 Å². The molecule has 2 N–H and O–H groups in total. The van der Waals surface area contributed by atoms with Gasteiger partial charge in [0.05, 0.1) is 4.92 Å². The summed E-state index contributed by atoms with van der Waals surface area (Å²) in [6.45, 7) is 2.45. The molecule has 0 aromatic heterocycles. The maximum atomic E-state index is 10.9. The van der Waals surface area contributed by atoms with Crippen LogP contribution in [0.4, 0.5) is 16.2 Å². The number of nitro benzene ring substituents is 1. The summed E-state index contributed by atoms with van der Waals surface area (Å²) in [6, 6.07) is 4.31. The Hall–Kier alpha value is -2.51. The molecule has 2 fully saturated rings. The van der Waals surface area contributed by atoms with Gasteiger partial charge >= 0.3 is 11.8 Å². The first-order valence-corrected chi connectivity index (χ1v) is 6.66. The number of phenolic OH excluding ortho intramolecular Hbond substituents is 1. The maximum absolute atomic E-state index is 10.9. The van der Waals surface area contributed by atoms with Crippen LogP contribution in [0.25, 0.3) is 0 Å². The molecule has 8 nitrogen and oxygen atoms in total. The minimum atomic E-state index is -0.885. The van der Waals surface area contributed by atoms with Crippen LogP contribution in [-0.2, 0) is 0 Å². The minimum absolute atomic E-state index is 0.276. The quantitative estimate of drug-likeness (QED) is 0.629. The second-order valence-electron chi connectivity index (χ2n) is 5.54. The predicted molar refractivity (Wildman–Crippen MR) is 73.6 cm³/mol. The molecule has 8 heteroatoms. The van der Waals surface area contributed by atoms with E-state index in [0.717, 1.165) is 5.69 Å². The number of hydrogen-bond donors (Lipinski definition) is 2. The fraction of sp³-hybridized carbons (Fsp3) is 0.462. The number of phenols is 1. The van der Waals surface area contributed by atoms with E-state index in [1.807, 2.05) is 4.90 Å². The van der Waals surface area contributed by atoms with E-state index in [1.165, 1.54) is 17.0 Å². The first-order valence-electron chi connectivity index (χ1n) is 6.66. The van der Waals surface area contributed by atoms with Crippen LogP contribution in [0.3, 0.4) is 0 Å². The van der Waals surface area contributed by atoms with E-state index in [4.69, 9.17) is 5.11 Å². The Balaban J connectivity index is 1.72. The molecule has 2 atom stereocenters. The van der Waals surface area contributed by atoms with Crippen molar-refractivity contribution in [3.63, 3.8) is 0 Å². The summed E-state index contributed by atoms with van der Waals surface area (Å²) < 4.78 is 0. The second kappa shape index (κ2) is 4.80. The summed E-state index contributed by atoms with van der Waals surface area (Å²) in [5, 5.41) is 29.4. The van der Waals surface area contributed by atoms with E-state index in [-0.39, 0.29) is 23.3 Å². The van der Waals surface area contributed by atoms with Crippen LogP contribution in [-0.4, -0.2) is 52.3 Å². The van der Waals surface area contributed by atoms with E-state index < -0.39 is 11.0 Å². The zero-order valence-corrected chi connectivity index (χ0v) is 11.2. The third-order valence-electron chi connectivity index (χ3n) is 4.28. The number of carboxylic acid groups (broad SMARTS) is 1. The molecular formula is C13H15N3O5. The van der Waals surface area contributed by atoms with Gasteiger partial charge in [0, 0.05) is 55.8 Å². The lowest BCUT2D eigenvalue weighted by atomic mass is 10.0. The zero-order chi connectivity index (χ0) is 15.1. The van der Waals surface area contributed by atoms with Crippen molar-refractivity contribution >= 4 is 17.5 Å². The number of fused-ring (bicyclic) bond motifs is 1. The Kier molecular flexibility index (Phi) is 3.08. The smallest absolute Gasteiger partial charge is 0.407 e. The maximum Gasteiger partial charge on any atom is 0.407 e. The molecule has 3 rings (SSSR count). The largest absolute Gasteiger partial charge is 0.502 e. The molecular weight excluding hydrogens is 278 g/mol. The van der Waals surface area contributed by atoms with Crippen LogP contribution in [0.5, 0.6) is 5.75 Å². The molecule has 2 aliphatic heterocycles. The Morgan fingerprint density at radius 2 is 1.86 bits per heavy atom. The van der Waals surface area contributed by atoms with Crippen molar-refractivity contribution in [2.45, 2.75) is 0 Å². The van der Waals surface area contributed by atoms with E-state index in [9.17, 15) is 20.0 Å². The van der Waals surface area contributed by atoms with Gasteiger partial charge < -0.3 is 20.0 Å². The van der Waals surface area contributed by atoms with Crippen molar-refractivity contribution in [3.05, 3.63) is 28.3 Å². The molecule has 2 saturated heterocycles. The Morgan fingerprint density at radius 3 is 2.33 bits per heavy atom. The first-order chi connectivity index (χ1) is 9.95. The summed E-state index contributed by atoms with van der Waals surface area (Å²) in [5.41, 5.74) is 0.421. The molecule has 2 heterocycles. The number of nitrogens with zero attached hydrogens (tertiary/aromatic N) is 3. The summed E-state index contributed by atoms with van der Waals surface area (Å²) in [4.78, 5) is 24.5. The van der Waals surface area contributed by atoms with Gasteiger partial charge in [-0.2, -0.15) is 0 Å². The Morgan fingerprint density at radius 1 is 1.24 bits per heavy atom. The zero-order valence-electron chi connectivity index (χ0n) is 11.2. The molecule has 0 unspecified atom stereocenters. The first kappa shape index (κ1) is 13.5. The number of benzene rings is 1. The van der Waals surface area contributed by atoms with Crippen LogP contribution in [0.2, 0.25) is 0 Å². The van der Waals surface area contributed by atoms with Crippen molar-refractivity contribution in [3.8, 4) is 5.75 Å².